The van der Waals surface area contributed by atoms with Crippen LogP contribution in [0.5, 0.6) is 11.5 Å². The first-order valence-corrected chi connectivity index (χ1v) is 10.9. The third-order valence-electron chi connectivity index (χ3n) is 5.03. The lowest BCUT2D eigenvalue weighted by Gasteiger charge is -2.16. The number of phenolic OH excluding ortho intramolecular Hbond substituents is 2. The summed E-state index contributed by atoms with van der Waals surface area (Å²) in [5.74, 6) is -0.367. The van der Waals surface area contributed by atoms with E-state index in [-0.39, 0.29) is 11.5 Å². The van der Waals surface area contributed by atoms with Gasteiger partial charge in [0.1, 0.15) is 0 Å². The first kappa shape index (κ1) is 19.7. The number of aromatic nitrogens is 1. The van der Waals surface area contributed by atoms with E-state index in [2.05, 4.69) is 5.10 Å². The molecule has 5 nitrogen and oxygen atoms in total. The zero-order valence-corrected chi connectivity index (χ0v) is 17.4. The zero-order valence-electron chi connectivity index (χ0n) is 15.8. The Bertz CT molecular complexity index is 1100. The number of hydrogen-bond acceptors (Lipinski definition) is 5. The summed E-state index contributed by atoms with van der Waals surface area (Å²) in [5, 5.41) is 27.1. The molecule has 1 saturated carbocycles. The second-order valence-corrected chi connectivity index (χ2v) is 8.38. The van der Waals surface area contributed by atoms with Gasteiger partial charge in [-0.3, -0.25) is 4.99 Å². The van der Waals surface area contributed by atoms with Crippen molar-refractivity contribution in [1.82, 2.24) is 4.68 Å². The summed E-state index contributed by atoms with van der Waals surface area (Å²) in [4.78, 5) is 5.77. The fourth-order valence-corrected chi connectivity index (χ4v) is 4.58. The number of aromatic hydroxyl groups is 2. The van der Waals surface area contributed by atoms with E-state index in [0.29, 0.717) is 16.6 Å². The van der Waals surface area contributed by atoms with Gasteiger partial charge in [-0.15, -0.1) is 11.3 Å². The van der Waals surface area contributed by atoms with E-state index >= 15 is 0 Å². The third-order valence-corrected chi connectivity index (χ3v) is 6.10. The molecule has 0 radical (unpaired) electrons. The summed E-state index contributed by atoms with van der Waals surface area (Å²) in [6.45, 7) is 0. The normalized spacial score (nSPS) is 16.0. The molecule has 0 spiro atoms. The average Bonchev–Trinajstić information content (AvgIpc) is 3.12. The van der Waals surface area contributed by atoms with Gasteiger partial charge in [0.15, 0.2) is 11.5 Å². The Kier molecular flexibility index (Phi) is 6.02. The maximum atomic E-state index is 10.1. The molecule has 0 saturated heterocycles. The first-order valence-electron chi connectivity index (χ1n) is 9.67. The van der Waals surface area contributed by atoms with Crippen LogP contribution >= 0.6 is 22.9 Å². The van der Waals surface area contributed by atoms with Crippen LogP contribution in [0.2, 0.25) is 5.02 Å². The number of phenols is 2. The van der Waals surface area contributed by atoms with Crippen LogP contribution in [0.15, 0.2) is 57.9 Å². The van der Waals surface area contributed by atoms with Gasteiger partial charge in [-0.25, -0.2) is 4.68 Å². The van der Waals surface area contributed by atoms with Crippen LogP contribution < -0.4 is 4.80 Å². The highest BCUT2D eigenvalue weighted by atomic mass is 35.5. The van der Waals surface area contributed by atoms with E-state index in [0.717, 1.165) is 28.9 Å². The summed E-state index contributed by atoms with van der Waals surface area (Å²) in [5.41, 5.74) is 2.25. The standard InChI is InChI=1S/C22H22ClN3O2S/c23-17-8-4-6-15(12-17)19-14-29-22(25-18-9-2-1-3-10-18)26(19)24-13-16-7-5-11-20(27)21(16)28/h4-8,11-14,18,27-28H,1-3,9-10H2. The number of benzene rings is 2. The van der Waals surface area contributed by atoms with Crippen LogP contribution in [0, 0.1) is 0 Å². The number of rotatable bonds is 4. The zero-order chi connectivity index (χ0) is 20.2. The summed E-state index contributed by atoms with van der Waals surface area (Å²) in [6.07, 6.45) is 7.43. The predicted molar refractivity (Wildman–Crippen MR) is 118 cm³/mol. The molecular weight excluding hydrogens is 406 g/mol. The summed E-state index contributed by atoms with van der Waals surface area (Å²) in [6, 6.07) is 12.7. The number of para-hydroxylation sites is 1. The Morgan fingerprint density at radius 2 is 1.86 bits per heavy atom. The lowest BCUT2D eigenvalue weighted by molar-refractivity contribution is 0.403. The summed E-state index contributed by atoms with van der Waals surface area (Å²) < 4.78 is 1.79. The van der Waals surface area contributed by atoms with Crippen LogP contribution in [0.25, 0.3) is 11.3 Å². The number of nitrogens with zero attached hydrogens (tertiary/aromatic N) is 3. The fourth-order valence-electron chi connectivity index (χ4n) is 3.49. The van der Waals surface area contributed by atoms with Crippen molar-refractivity contribution in [2.24, 2.45) is 10.1 Å². The molecule has 0 amide bonds. The van der Waals surface area contributed by atoms with E-state index in [1.165, 1.54) is 31.5 Å². The second kappa shape index (κ2) is 8.84. The van der Waals surface area contributed by atoms with Gasteiger partial charge in [0, 0.05) is 21.5 Å². The fraction of sp³-hybridized carbons (Fsp3) is 0.273. The summed E-state index contributed by atoms with van der Waals surface area (Å²) in [7, 11) is 0. The minimum Gasteiger partial charge on any atom is -0.504 e. The Balaban J connectivity index is 1.80. The van der Waals surface area contributed by atoms with Crippen molar-refractivity contribution in [3.8, 4) is 22.8 Å². The van der Waals surface area contributed by atoms with Gasteiger partial charge in [-0.2, -0.15) is 5.10 Å². The molecule has 4 rings (SSSR count). The van der Waals surface area contributed by atoms with Gasteiger partial charge in [0.2, 0.25) is 4.80 Å². The van der Waals surface area contributed by atoms with Gasteiger partial charge < -0.3 is 10.2 Å². The predicted octanol–water partition coefficient (Wildman–Crippen LogP) is 5.40. The van der Waals surface area contributed by atoms with Crippen LogP contribution in [0.3, 0.4) is 0 Å². The van der Waals surface area contributed by atoms with Crippen molar-refractivity contribution in [3.63, 3.8) is 0 Å². The molecule has 0 unspecified atom stereocenters. The van der Waals surface area contributed by atoms with Crippen molar-refractivity contribution in [2.45, 2.75) is 38.1 Å². The molecule has 2 N–H and O–H groups in total. The Hall–Kier alpha value is -2.57. The maximum absolute atomic E-state index is 10.1. The van der Waals surface area contributed by atoms with Crippen molar-refractivity contribution < 1.29 is 10.2 Å². The first-order chi connectivity index (χ1) is 14.1. The lowest BCUT2D eigenvalue weighted by Crippen LogP contribution is -2.19. The molecule has 1 fully saturated rings. The van der Waals surface area contributed by atoms with E-state index in [1.807, 2.05) is 29.6 Å². The topological polar surface area (TPSA) is 70.1 Å². The second-order valence-electron chi connectivity index (χ2n) is 7.11. The highest BCUT2D eigenvalue weighted by Crippen LogP contribution is 2.28. The van der Waals surface area contributed by atoms with Gasteiger partial charge >= 0.3 is 0 Å². The van der Waals surface area contributed by atoms with Gasteiger partial charge in [0.25, 0.3) is 0 Å². The van der Waals surface area contributed by atoms with E-state index in [4.69, 9.17) is 16.6 Å². The van der Waals surface area contributed by atoms with Crippen LogP contribution in [0.4, 0.5) is 0 Å². The SMILES string of the molecule is Oc1cccc(C=Nn2c(-c3cccc(Cl)c3)csc2=NC2CCCCC2)c1O. The number of hydrogen-bond donors (Lipinski definition) is 2. The molecule has 0 aliphatic heterocycles. The Morgan fingerprint density at radius 1 is 1.07 bits per heavy atom. The molecule has 29 heavy (non-hydrogen) atoms. The number of halogens is 1. The average molecular weight is 428 g/mol. The summed E-state index contributed by atoms with van der Waals surface area (Å²) >= 11 is 7.73. The molecule has 0 bridgehead atoms. The van der Waals surface area contributed by atoms with Gasteiger partial charge in [0.05, 0.1) is 18.0 Å². The smallest absolute Gasteiger partial charge is 0.206 e. The lowest BCUT2D eigenvalue weighted by atomic mass is 9.96. The van der Waals surface area contributed by atoms with Crippen molar-refractivity contribution in [3.05, 3.63) is 63.2 Å². The molecule has 150 valence electrons. The van der Waals surface area contributed by atoms with Crippen molar-refractivity contribution in [2.75, 3.05) is 0 Å². The molecule has 1 aliphatic rings. The van der Waals surface area contributed by atoms with Gasteiger partial charge in [-0.05, 0) is 37.1 Å². The third kappa shape index (κ3) is 4.54. The Labute approximate surface area is 178 Å². The minimum absolute atomic E-state index is 0.175. The molecular formula is C22H22ClN3O2S. The van der Waals surface area contributed by atoms with Crippen LogP contribution in [-0.2, 0) is 0 Å². The minimum atomic E-state index is -0.192. The van der Waals surface area contributed by atoms with E-state index < -0.39 is 0 Å². The van der Waals surface area contributed by atoms with Crippen LogP contribution in [0.1, 0.15) is 37.7 Å². The highest BCUT2D eigenvalue weighted by molar-refractivity contribution is 7.07. The quantitative estimate of drug-likeness (QED) is 0.432. The van der Waals surface area contributed by atoms with Gasteiger partial charge in [-0.1, -0.05) is 49.1 Å². The Morgan fingerprint density at radius 3 is 2.66 bits per heavy atom. The number of thiazole rings is 1. The molecule has 0 atom stereocenters. The molecule has 1 heterocycles. The van der Waals surface area contributed by atoms with Crippen LogP contribution in [-0.4, -0.2) is 27.1 Å². The van der Waals surface area contributed by atoms with E-state index in [9.17, 15) is 10.2 Å². The molecule has 3 aromatic rings. The van der Waals surface area contributed by atoms with Crippen molar-refractivity contribution >= 4 is 29.2 Å². The van der Waals surface area contributed by atoms with Crippen molar-refractivity contribution in [1.29, 1.82) is 0 Å². The monoisotopic (exact) mass is 427 g/mol. The molecule has 1 aliphatic carbocycles. The molecule has 2 aromatic carbocycles. The molecule has 1 aromatic heterocycles. The maximum Gasteiger partial charge on any atom is 0.206 e. The highest BCUT2D eigenvalue weighted by Gasteiger charge is 2.14. The molecule has 7 heteroatoms. The van der Waals surface area contributed by atoms with E-state index in [1.54, 1.807) is 28.1 Å². The largest absolute Gasteiger partial charge is 0.504 e.